The summed E-state index contributed by atoms with van der Waals surface area (Å²) in [4.78, 5) is 16.0. The van der Waals surface area contributed by atoms with Crippen LogP contribution in [0, 0.1) is 5.82 Å². The number of anilines is 2. The van der Waals surface area contributed by atoms with Gasteiger partial charge in [-0.15, -0.1) is 0 Å². The first-order valence-electron chi connectivity index (χ1n) is 6.06. The SMILES string of the molecule is CCNc1ccc(C(=O)Nc2ccc(Br)c(F)c2)nc1. The molecule has 0 spiro atoms. The Morgan fingerprint density at radius 3 is 2.65 bits per heavy atom. The summed E-state index contributed by atoms with van der Waals surface area (Å²) in [6, 6.07) is 7.77. The summed E-state index contributed by atoms with van der Waals surface area (Å²) in [5.41, 5.74) is 1.50. The van der Waals surface area contributed by atoms with Gasteiger partial charge in [0.2, 0.25) is 0 Å². The molecule has 2 N–H and O–H groups in total. The second-order valence-electron chi connectivity index (χ2n) is 4.05. The molecule has 0 aliphatic carbocycles. The van der Waals surface area contributed by atoms with Crippen molar-refractivity contribution < 1.29 is 9.18 Å². The Kier molecular flexibility index (Phi) is 4.68. The lowest BCUT2D eigenvalue weighted by Crippen LogP contribution is -2.13. The predicted octanol–water partition coefficient (Wildman–Crippen LogP) is 3.67. The quantitative estimate of drug-likeness (QED) is 0.894. The number of nitrogens with zero attached hydrogens (tertiary/aromatic N) is 1. The molecule has 2 aromatic rings. The van der Waals surface area contributed by atoms with Crippen molar-refractivity contribution in [2.24, 2.45) is 0 Å². The van der Waals surface area contributed by atoms with Crippen LogP contribution < -0.4 is 10.6 Å². The number of aromatic nitrogens is 1. The number of amides is 1. The lowest BCUT2D eigenvalue weighted by Gasteiger charge is -2.07. The standard InChI is InChI=1S/C14H13BrFN3O/c1-2-17-10-4-6-13(18-8-10)14(20)19-9-3-5-11(15)12(16)7-9/h3-8,17H,2H2,1H3,(H,19,20). The van der Waals surface area contributed by atoms with Gasteiger partial charge in [0.25, 0.3) is 5.91 Å². The smallest absolute Gasteiger partial charge is 0.274 e. The fourth-order valence-electron chi connectivity index (χ4n) is 1.61. The number of pyridine rings is 1. The third-order valence-corrected chi connectivity index (χ3v) is 3.20. The molecule has 0 radical (unpaired) electrons. The Hall–Kier alpha value is -1.95. The number of carbonyl (C=O) groups excluding carboxylic acids is 1. The maximum Gasteiger partial charge on any atom is 0.274 e. The molecule has 6 heteroatoms. The van der Waals surface area contributed by atoms with Crippen LogP contribution in [0.2, 0.25) is 0 Å². The van der Waals surface area contributed by atoms with Crippen molar-refractivity contribution in [1.29, 1.82) is 0 Å². The van der Waals surface area contributed by atoms with E-state index in [2.05, 4.69) is 31.5 Å². The van der Waals surface area contributed by atoms with Gasteiger partial charge in [0, 0.05) is 12.2 Å². The molecule has 0 aliphatic heterocycles. The fraction of sp³-hybridized carbons (Fsp3) is 0.143. The number of hydrogen-bond acceptors (Lipinski definition) is 3. The summed E-state index contributed by atoms with van der Waals surface area (Å²) in [5.74, 6) is -0.812. The van der Waals surface area contributed by atoms with Crippen LogP contribution >= 0.6 is 15.9 Å². The Bertz CT molecular complexity index is 616. The van der Waals surface area contributed by atoms with E-state index in [1.165, 1.54) is 12.1 Å². The molecule has 104 valence electrons. The third kappa shape index (κ3) is 3.54. The van der Waals surface area contributed by atoms with Gasteiger partial charge in [0.15, 0.2) is 0 Å². The van der Waals surface area contributed by atoms with Crippen LogP contribution in [0.4, 0.5) is 15.8 Å². The first-order valence-corrected chi connectivity index (χ1v) is 6.85. The van der Waals surface area contributed by atoms with Crippen LogP contribution in [0.15, 0.2) is 41.0 Å². The van der Waals surface area contributed by atoms with E-state index in [0.29, 0.717) is 10.2 Å². The number of hydrogen-bond donors (Lipinski definition) is 2. The van der Waals surface area contributed by atoms with E-state index >= 15 is 0 Å². The van der Waals surface area contributed by atoms with Crippen LogP contribution in [0.25, 0.3) is 0 Å². The van der Waals surface area contributed by atoms with Crippen molar-refractivity contribution in [2.75, 3.05) is 17.2 Å². The molecule has 0 bridgehead atoms. The molecule has 1 heterocycles. The molecule has 1 aromatic carbocycles. The van der Waals surface area contributed by atoms with Gasteiger partial charge in [-0.1, -0.05) is 0 Å². The first kappa shape index (κ1) is 14.5. The number of halogens is 2. The molecule has 0 fully saturated rings. The minimum absolute atomic E-state index is 0.273. The second-order valence-corrected chi connectivity index (χ2v) is 4.90. The molecular formula is C14H13BrFN3O. The zero-order valence-electron chi connectivity index (χ0n) is 10.8. The van der Waals surface area contributed by atoms with E-state index in [1.807, 2.05) is 6.92 Å². The molecule has 1 aromatic heterocycles. The van der Waals surface area contributed by atoms with E-state index in [9.17, 15) is 9.18 Å². The van der Waals surface area contributed by atoms with Crippen LogP contribution in [0.1, 0.15) is 17.4 Å². The number of benzene rings is 1. The van der Waals surface area contributed by atoms with Crippen molar-refractivity contribution in [2.45, 2.75) is 6.92 Å². The molecular weight excluding hydrogens is 325 g/mol. The van der Waals surface area contributed by atoms with Crippen molar-refractivity contribution in [3.63, 3.8) is 0 Å². The number of nitrogens with one attached hydrogen (secondary N) is 2. The number of carbonyl (C=O) groups is 1. The Morgan fingerprint density at radius 1 is 1.30 bits per heavy atom. The lowest BCUT2D eigenvalue weighted by molar-refractivity contribution is 0.102. The topological polar surface area (TPSA) is 54.0 Å². The first-order chi connectivity index (χ1) is 9.60. The Morgan fingerprint density at radius 2 is 2.05 bits per heavy atom. The van der Waals surface area contributed by atoms with E-state index in [0.717, 1.165) is 12.2 Å². The van der Waals surface area contributed by atoms with Gasteiger partial charge in [-0.3, -0.25) is 4.79 Å². The summed E-state index contributed by atoms with van der Waals surface area (Å²) in [6.07, 6.45) is 1.58. The fourth-order valence-corrected chi connectivity index (χ4v) is 1.85. The minimum atomic E-state index is -0.432. The summed E-state index contributed by atoms with van der Waals surface area (Å²) in [5, 5.41) is 5.68. The molecule has 20 heavy (non-hydrogen) atoms. The van der Waals surface area contributed by atoms with Gasteiger partial charge in [0.05, 0.1) is 16.4 Å². The molecule has 0 aliphatic rings. The monoisotopic (exact) mass is 337 g/mol. The molecule has 0 saturated heterocycles. The maximum atomic E-state index is 13.3. The van der Waals surface area contributed by atoms with E-state index in [-0.39, 0.29) is 11.6 Å². The predicted molar refractivity (Wildman–Crippen MR) is 80.5 cm³/mol. The second kappa shape index (κ2) is 6.47. The average Bonchev–Trinajstić information content (AvgIpc) is 2.44. The molecule has 4 nitrogen and oxygen atoms in total. The summed E-state index contributed by atoms with van der Waals surface area (Å²) < 4.78 is 13.7. The van der Waals surface area contributed by atoms with Crippen molar-refractivity contribution in [1.82, 2.24) is 4.98 Å². The lowest BCUT2D eigenvalue weighted by atomic mass is 10.2. The van der Waals surface area contributed by atoms with E-state index in [1.54, 1.807) is 24.4 Å². The van der Waals surface area contributed by atoms with Gasteiger partial charge >= 0.3 is 0 Å². The van der Waals surface area contributed by atoms with Crippen LogP contribution in [0.3, 0.4) is 0 Å². The van der Waals surface area contributed by atoms with Crippen molar-refractivity contribution >= 4 is 33.2 Å². The number of rotatable bonds is 4. The van der Waals surface area contributed by atoms with E-state index < -0.39 is 5.82 Å². The van der Waals surface area contributed by atoms with Crippen molar-refractivity contribution in [3.05, 3.63) is 52.5 Å². The average molecular weight is 338 g/mol. The highest BCUT2D eigenvalue weighted by Gasteiger charge is 2.09. The van der Waals surface area contributed by atoms with Crippen LogP contribution in [-0.4, -0.2) is 17.4 Å². The highest BCUT2D eigenvalue weighted by Crippen LogP contribution is 2.19. The molecule has 0 unspecified atom stereocenters. The highest BCUT2D eigenvalue weighted by atomic mass is 79.9. The molecule has 0 saturated carbocycles. The van der Waals surface area contributed by atoms with Gasteiger partial charge in [-0.2, -0.15) is 0 Å². The highest BCUT2D eigenvalue weighted by molar-refractivity contribution is 9.10. The largest absolute Gasteiger partial charge is 0.384 e. The van der Waals surface area contributed by atoms with Gasteiger partial charge < -0.3 is 10.6 Å². The zero-order valence-corrected chi connectivity index (χ0v) is 12.4. The Labute approximate surface area is 124 Å². The van der Waals surface area contributed by atoms with Gasteiger partial charge in [-0.05, 0) is 53.2 Å². The normalized spacial score (nSPS) is 10.2. The maximum absolute atomic E-state index is 13.3. The van der Waals surface area contributed by atoms with Crippen LogP contribution in [0.5, 0.6) is 0 Å². The summed E-state index contributed by atoms with van der Waals surface area (Å²) in [7, 11) is 0. The van der Waals surface area contributed by atoms with Crippen molar-refractivity contribution in [3.8, 4) is 0 Å². The summed E-state index contributed by atoms with van der Waals surface area (Å²) in [6.45, 7) is 2.76. The third-order valence-electron chi connectivity index (χ3n) is 2.55. The Balaban J connectivity index is 2.09. The minimum Gasteiger partial charge on any atom is -0.384 e. The van der Waals surface area contributed by atoms with Crippen LogP contribution in [-0.2, 0) is 0 Å². The molecule has 2 rings (SSSR count). The molecule has 1 amide bonds. The van der Waals surface area contributed by atoms with E-state index in [4.69, 9.17) is 0 Å². The summed E-state index contributed by atoms with van der Waals surface area (Å²) >= 11 is 3.06. The zero-order chi connectivity index (χ0) is 14.5. The van der Waals surface area contributed by atoms with Gasteiger partial charge in [-0.25, -0.2) is 9.37 Å². The molecule has 0 atom stereocenters. The van der Waals surface area contributed by atoms with Gasteiger partial charge in [0.1, 0.15) is 11.5 Å².